The maximum absolute atomic E-state index is 4.66. The second-order valence-corrected chi connectivity index (χ2v) is 7.33. The van der Waals surface area contributed by atoms with E-state index in [2.05, 4.69) is 97.7 Å². The Hall–Kier alpha value is -3.07. The number of hydrogen-bond donors (Lipinski definition) is 0. The zero-order valence-electron chi connectivity index (χ0n) is 16.6. The molecule has 27 heavy (non-hydrogen) atoms. The number of hydrogen-bond acceptors (Lipinski definition) is 1. The lowest BCUT2D eigenvalue weighted by Gasteiger charge is -2.13. The van der Waals surface area contributed by atoms with Crippen LogP contribution < -0.4 is 9.13 Å². The van der Waals surface area contributed by atoms with Gasteiger partial charge in [0.2, 0.25) is 5.69 Å². The molecule has 0 bridgehead atoms. The first-order valence-corrected chi connectivity index (χ1v) is 9.30. The van der Waals surface area contributed by atoms with Crippen LogP contribution in [-0.2, 0) is 7.05 Å². The molecule has 2 heterocycles. The van der Waals surface area contributed by atoms with Crippen molar-refractivity contribution in [1.82, 2.24) is 4.98 Å². The van der Waals surface area contributed by atoms with Crippen LogP contribution in [0.5, 0.6) is 0 Å². The Labute approximate surface area is 160 Å². The van der Waals surface area contributed by atoms with E-state index in [1.54, 1.807) is 0 Å². The van der Waals surface area contributed by atoms with Crippen molar-refractivity contribution < 1.29 is 9.13 Å². The van der Waals surface area contributed by atoms with Crippen molar-refractivity contribution in [2.24, 2.45) is 7.05 Å². The number of nitrogens with zero attached hydrogens (tertiary/aromatic N) is 3. The number of aromatic nitrogens is 3. The molecule has 0 amide bonds. The molecule has 4 rings (SSSR count). The van der Waals surface area contributed by atoms with Crippen molar-refractivity contribution in [2.75, 3.05) is 0 Å². The molecule has 0 aliphatic heterocycles. The van der Waals surface area contributed by atoms with E-state index < -0.39 is 0 Å². The van der Waals surface area contributed by atoms with E-state index in [0.717, 1.165) is 5.82 Å². The number of pyridine rings is 1. The zero-order chi connectivity index (χ0) is 19.1. The normalized spacial score (nSPS) is 11.1. The molecular weight excluding hydrogens is 330 g/mol. The van der Waals surface area contributed by atoms with E-state index in [1.165, 1.54) is 44.4 Å². The van der Waals surface area contributed by atoms with Gasteiger partial charge in [0.25, 0.3) is 0 Å². The Morgan fingerprint density at radius 2 is 1.59 bits per heavy atom. The van der Waals surface area contributed by atoms with E-state index in [9.17, 15) is 0 Å². The first-order chi connectivity index (χ1) is 13.0. The highest BCUT2D eigenvalue weighted by Crippen LogP contribution is 2.29. The average Bonchev–Trinajstić information content (AvgIpc) is 2.63. The van der Waals surface area contributed by atoms with Crippen LogP contribution in [0.25, 0.3) is 27.8 Å². The van der Waals surface area contributed by atoms with E-state index in [1.807, 2.05) is 12.3 Å². The van der Waals surface area contributed by atoms with Gasteiger partial charge >= 0.3 is 5.82 Å². The first-order valence-electron chi connectivity index (χ1n) is 9.30. The van der Waals surface area contributed by atoms with E-state index in [0.29, 0.717) is 0 Å². The highest BCUT2D eigenvalue weighted by molar-refractivity contribution is 5.81. The van der Waals surface area contributed by atoms with Crippen molar-refractivity contribution in [2.45, 2.75) is 27.7 Å². The summed E-state index contributed by atoms with van der Waals surface area (Å²) in [4.78, 5) is 4.66. The zero-order valence-corrected chi connectivity index (χ0v) is 16.6. The highest BCUT2D eigenvalue weighted by atomic mass is 15.0. The molecule has 2 aromatic carbocycles. The standard InChI is InChI=1S/C24H25N3/c1-16-13-17(2)23(19(4)22(16)24-25-11-8-12-26(24)5)27-15-21-10-7-6-9-20(21)14-18(27)3/h6-15H,1-5H3/q+2. The van der Waals surface area contributed by atoms with Gasteiger partial charge in [-0.05, 0) is 48.8 Å². The maximum Gasteiger partial charge on any atom is 0.330 e. The molecule has 0 saturated heterocycles. The average molecular weight is 355 g/mol. The molecule has 2 aromatic heterocycles. The summed E-state index contributed by atoms with van der Waals surface area (Å²) in [5.41, 5.74) is 7.45. The van der Waals surface area contributed by atoms with Crippen LogP contribution in [0.1, 0.15) is 22.4 Å². The van der Waals surface area contributed by atoms with Gasteiger partial charge in [0.1, 0.15) is 6.20 Å². The molecule has 0 spiro atoms. The third-order valence-electron chi connectivity index (χ3n) is 5.33. The predicted octanol–water partition coefficient (Wildman–Crippen LogP) is 4.24. The molecule has 134 valence electrons. The lowest BCUT2D eigenvalue weighted by atomic mass is 9.95. The van der Waals surface area contributed by atoms with Crippen LogP contribution in [0.3, 0.4) is 0 Å². The molecular formula is C24H25N3+2. The minimum atomic E-state index is 0.993. The number of aryl methyl sites for hydroxylation is 4. The van der Waals surface area contributed by atoms with E-state index in [4.69, 9.17) is 0 Å². The molecule has 0 atom stereocenters. The quantitative estimate of drug-likeness (QED) is 0.493. The fourth-order valence-corrected chi connectivity index (χ4v) is 4.11. The highest BCUT2D eigenvalue weighted by Gasteiger charge is 2.26. The van der Waals surface area contributed by atoms with Crippen molar-refractivity contribution in [3.63, 3.8) is 0 Å². The van der Waals surface area contributed by atoms with Crippen LogP contribution in [0.15, 0.2) is 61.1 Å². The van der Waals surface area contributed by atoms with Crippen molar-refractivity contribution in [3.05, 3.63) is 83.4 Å². The van der Waals surface area contributed by atoms with Gasteiger partial charge < -0.3 is 0 Å². The molecule has 3 heteroatoms. The smallest absolute Gasteiger partial charge is 0.233 e. The topological polar surface area (TPSA) is 20.6 Å². The van der Waals surface area contributed by atoms with Crippen LogP contribution >= 0.6 is 0 Å². The third-order valence-corrected chi connectivity index (χ3v) is 5.33. The Balaban J connectivity index is 2.04. The fourth-order valence-electron chi connectivity index (χ4n) is 4.11. The van der Waals surface area contributed by atoms with Gasteiger partial charge in [-0.25, -0.2) is 4.57 Å². The summed E-state index contributed by atoms with van der Waals surface area (Å²) in [5, 5.41) is 2.51. The van der Waals surface area contributed by atoms with E-state index in [-0.39, 0.29) is 0 Å². The summed E-state index contributed by atoms with van der Waals surface area (Å²) in [5.74, 6) is 0.993. The minimum absolute atomic E-state index is 0.993. The van der Waals surface area contributed by atoms with Crippen molar-refractivity contribution >= 4 is 10.8 Å². The van der Waals surface area contributed by atoms with Crippen molar-refractivity contribution in [1.29, 1.82) is 0 Å². The summed E-state index contributed by atoms with van der Waals surface area (Å²) in [6, 6.07) is 15.0. The Kier molecular flexibility index (Phi) is 4.23. The van der Waals surface area contributed by atoms with Crippen molar-refractivity contribution in [3.8, 4) is 17.1 Å². The molecule has 3 nitrogen and oxygen atoms in total. The van der Waals surface area contributed by atoms with E-state index >= 15 is 0 Å². The summed E-state index contributed by atoms with van der Waals surface area (Å²) in [6.45, 7) is 8.75. The minimum Gasteiger partial charge on any atom is -0.233 e. The van der Waals surface area contributed by atoms with Crippen LogP contribution in [0.4, 0.5) is 0 Å². The molecule has 4 aromatic rings. The Morgan fingerprint density at radius 1 is 0.852 bits per heavy atom. The van der Waals surface area contributed by atoms with Gasteiger partial charge in [0.15, 0.2) is 11.9 Å². The third kappa shape index (κ3) is 2.89. The summed E-state index contributed by atoms with van der Waals surface area (Å²) in [7, 11) is 2.05. The molecule has 0 aliphatic rings. The van der Waals surface area contributed by atoms with Gasteiger partial charge in [-0.1, -0.05) is 18.2 Å². The maximum atomic E-state index is 4.66. The van der Waals surface area contributed by atoms with Gasteiger partial charge in [-0.3, -0.25) is 0 Å². The van der Waals surface area contributed by atoms with Crippen LogP contribution in [0.2, 0.25) is 0 Å². The Bertz CT molecular complexity index is 1180. The molecule has 0 fully saturated rings. The summed E-state index contributed by atoms with van der Waals surface area (Å²) < 4.78 is 4.41. The SMILES string of the molecule is Cc1cc(C)c(-[n+]2cc3ccccc3cc2C)c(C)c1-c1nccc[n+]1C. The first kappa shape index (κ1) is 17.3. The second kappa shape index (κ2) is 6.58. The largest absolute Gasteiger partial charge is 0.330 e. The van der Waals surface area contributed by atoms with Gasteiger partial charge in [-0.2, -0.15) is 4.57 Å². The lowest BCUT2D eigenvalue weighted by molar-refractivity contribution is -0.663. The molecule has 0 N–H and O–H groups in total. The molecule has 0 saturated carbocycles. The Morgan fingerprint density at radius 3 is 2.33 bits per heavy atom. The molecule has 0 aliphatic carbocycles. The predicted molar refractivity (Wildman–Crippen MR) is 109 cm³/mol. The monoisotopic (exact) mass is 355 g/mol. The van der Waals surface area contributed by atoms with Crippen LogP contribution in [-0.4, -0.2) is 4.98 Å². The van der Waals surface area contributed by atoms with Crippen LogP contribution in [0, 0.1) is 27.7 Å². The number of rotatable bonds is 2. The summed E-state index contributed by atoms with van der Waals surface area (Å²) >= 11 is 0. The van der Waals surface area contributed by atoms with Gasteiger partial charge in [0, 0.05) is 35.6 Å². The lowest BCUT2D eigenvalue weighted by Crippen LogP contribution is -2.37. The summed E-state index contributed by atoms with van der Waals surface area (Å²) in [6.07, 6.45) is 6.16. The number of fused-ring (bicyclic) bond motifs is 1. The molecule has 0 unspecified atom stereocenters. The number of benzene rings is 2. The van der Waals surface area contributed by atoms with Gasteiger partial charge in [0.05, 0.1) is 18.8 Å². The fraction of sp³-hybridized carbons (Fsp3) is 0.208. The second-order valence-electron chi connectivity index (χ2n) is 7.33. The molecule has 0 radical (unpaired) electrons. The van der Waals surface area contributed by atoms with Gasteiger partial charge in [-0.15, -0.1) is 0 Å².